The van der Waals surface area contributed by atoms with Crippen molar-refractivity contribution >= 4 is 33.9 Å². The van der Waals surface area contributed by atoms with Crippen molar-refractivity contribution in [2.24, 2.45) is 0 Å². The second kappa shape index (κ2) is 8.80. The van der Waals surface area contributed by atoms with E-state index >= 15 is 0 Å². The van der Waals surface area contributed by atoms with Crippen LogP contribution in [-0.4, -0.2) is 47.6 Å². The van der Waals surface area contributed by atoms with E-state index in [1.54, 1.807) is 24.6 Å². The van der Waals surface area contributed by atoms with Crippen LogP contribution in [0, 0.1) is 12.7 Å². The van der Waals surface area contributed by atoms with E-state index in [4.69, 9.17) is 4.74 Å². The molecule has 0 unspecified atom stereocenters. The molecule has 1 aliphatic rings. The number of carbonyl (C=O) groups is 1. The maximum atomic E-state index is 14.7. The maximum Gasteiger partial charge on any atom is 0.321 e. The zero-order chi connectivity index (χ0) is 21.1. The number of hydrogen-bond acceptors (Lipinski definition) is 6. The van der Waals surface area contributed by atoms with Gasteiger partial charge in [-0.1, -0.05) is 0 Å². The van der Waals surface area contributed by atoms with Gasteiger partial charge in [-0.05, 0) is 31.5 Å². The van der Waals surface area contributed by atoms with Crippen LogP contribution in [0.5, 0.6) is 0 Å². The van der Waals surface area contributed by atoms with Crippen LogP contribution in [0.1, 0.15) is 12.1 Å². The van der Waals surface area contributed by atoms with Gasteiger partial charge < -0.3 is 15.4 Å². The number of anilines is 3. The highest BCUT2D eigenvalue weighted by Gasteiger charge is 2.22. The number of aryl methyl sites for hydroxylation is 2. The lowest BCUT2D eigenvalue weighted by Crippen LogP contribution is -2.27. The highest BCUT2D eigenvalue weighted by atomic mass is 32.1. The maximum absolute atomic E-state index is 14.7. The van der Waals surface area contributed by atoms with E-state index in [0.29, 0.717) is 41.8 Å². The Morgan fingerprint density at radius 3 is 3.00 bits per heavy atom. The van der Waals surface area contributed by atoms with E-state index in [1.165, 1.54) is 22.3 Å². The molecule has 4 rings (SSSR count). The van der Waals surface area contributed by atoms with Crippen LogP contribution < -0.4 is 15.5 Å². The van der Waals surface area contributed by atoms with Crippen LogP contribution in [0.2, 0.25) is 0 Å². The quantitative estimate of drug-likeness (QED) is 0.532. The summed E-state index contributed by atoms with van der Waals surface area (Å²) in [5.41, 5.74) is 3.21. The minimum absolute atomic E-state index is 0.208. The Hall–Kier alpha value is -2.98. The molecule has 1 saturated heterocycles. The van der Waals surface area contributed by atoms with E-state index in [-0.39, 0.29) is 6.03 Å². The van der Waals surface area contributed by atoms with E-state index in [0.717, 1.165) is 24.3 Å². The minimum Gasteiger partial charge on any atom is -0.385 e. The second-order valence-electron chi connectivity index (χ2n) is 6.95. The first-order valence-corrected chi connectivity index (χ1v) is 10.5. The molecule has 3 heterocycles. The number of rotatable bonds is 8. The summed E-state index contributed by atoms with van der Waals surface area (Å²) in [6.45, 7) is 4.47. The molecule has 2 amide bonds. The number of nitrogens with one attached hydrogen (secondary N) is 2. The second-order valence-corrected chi connectivity index (χ2v) is 7.81. The molecule has 2 N–H and O–H groups in total. The number of benzene rings is 1. The molecule has 8 nitrogen and oxygen atoms in total. The Bertz CT molecular complexity index is 1050. The van der Waals surface area contributed by atoms with Gasteiger partial charge in [0.15, 0.2) is 5.13 Å². The molecule has 1 fully saturated rings. The van der Waals surface area contributed by atoms with Crippen molar-refractivity contribution in [2.75, 3.05) is 37.0 Å². The summed E-state index contributed by atoms with van der Waals surface area (Å²) in [5.74, 6) is -0.411. The van der Waals surface area contributed by atoms with E-state index in [1.807, 2.05) is 17.8 Å². The fourth-order valence-electron chi connectivity index (χ4n) is 3.29. The Morgan fingerprint density at radius 1 is 1.40 bits per heavy atom. The number of ether oxygens (including phenoxy) is 1. The number of halogens is 1. The van der Waals surface area contributed by atoms with Crippen LogP contribution in [0.3, 0.4) is 0 Å². The van der Waals surface area contributed by atoms with Gasteiger partial charge in [0, 0.05) is 56.2 Å². The third kappa shape index (κ3) is 4.29. The lowest BCUT2D eigenvalue weighted by atomic mass is 10.1. The Labute approximate surface area is 177 Å². The predicted molar refractivity (Wildman–Crippen MR) is 115 cm³/mol. The van der Waals surface area contributed by atoms with Gasteiger partial charge in [-0.3, -0.25) is 9.58 Å². The third-order valence-corrected chi connectivity index (χ3v) is 5.58. The van der Waals surface area contributed by atoms with Crippen molar-refractivity contribution in [1.29, 1.82) is 0 Å². The molecule has 0 aliphatic carbocycles. The molecule has 158 valence electrons. The van der Waals surface area contributed by atoms with Gasteiger partial charge in [-0.15, -0.1) is 11.3 Å². The molecule has 3 aromatic rings. The summed E-state index contributed by atoms with van der Waals surface area (Å²) in [5, 5.41) is 12.9. The van der Waals surface area contributed by atoms with Crippen molar-refractivity contribution in [3.8, 4) is 11.3 Å². The number of urea groups is 1. The van der Waals surface area contributed by atoms with Crippen LogP contribution >= 0.6 is 11.3 Å². The topological polar surface area (TPSA) is 84.3 Å². The highest BCUT2D eigenvalue weighted by Crippen LogP contribution is 2.31. The summed E-state index contributed by atoms with van der Waals surface area (Å²) < 4.78 is 21.7. The van der Waals surface area contributed by atoms with Crippen molar-refractivity contribution in [1.82, 2.24) is 20.1 Å². The van der Waals surface area contributed by atoms with Crippen LogP contribution in [-0.2, 0) is 11.3 Å². The molecule has 1 aromatic carbocycles. The molecule has 0 atom stereocenters. The Balaban J connectivity index is 1.47. The molecular weight excluding hydrogens is 407 g/mol. The Kier molecular flexibility index (Phi) is 5.96. The standard InChI is InChI=1S/C20H23FN6O2S/c1-13-17(11-26(25-13)7-3-9-29-2)23-19-24-18(12-30-19)15-5-4-14(10-16(15)21)27-8-6-22-20(27)28/h4-5,10-12H,3,6-9H2,1-2H3,(H,22,28)(H,23,24). The summed E-state index contributed by atoms with van der Waals surface area (Å²) in [6, 6.07) is 4.57. The average Bonchev–Trinajstić information content (AvgIpc) is 3.44. The number of nitrogens with zero attached hydrogens (tertiary/aromatic N) is 4. The van der Waals surface area contributed by atoms with Crippen molar-refractivity contribution < 1.29 is 13.9 Å². The summed E-state index contributed by atoms with van der Waals surface area (Å²) in [7, 11) is 1.68. The summed E-state index contributed by atoms with van der Waals surface area (Å²) in [4.78, 5) is 17.8. The van der Waals surface area contributed by atoms with Gasteiger partial charge in [0.1, 0.15) is 5.82 Å². The zero-order valence-corrected chi connectivity index (χ0v) is 17.6. The molecule has 1 aliphatic heterocycles. The largest absolute Gasteiger partial charge is 0.385 e. The number of carbonyl (C=O) groups excluding carboxylic acids is 1. The van der Waals surface area contributed by atoms with Gasteiger partial charge in [0.25, 0.3) is 0 Å². The molecule has 0 spiro atoms. The van der Waals surface area contributed by atoms with Gasteiger partial charge in [0.05, 0.1) is 17.1 Å². The molecule has 0 saturated carbocycles. The van der Waals surface area contributed by atoms with Crippen molar-refractivity contribution in [3.05, 3.63) is 41.3 Å². The molecule has 30 heavy (non-hydrogen) atoms. The van der Waals surface area contributed by atoms with Gasteiger partial charge in [-0.25, -0.2) is 14.2 Å². The number of methoxy groups -OCH3 is 1. The number of hydrogen-bond donors (Lipinski definition) is 2. The first-order valence-electron chi connectivity index (χ1n) is 9.66. The van der Waals surface area contributed by atoms with Gasteiger partial charge in [-0.2, -0.15) is 5.10 Å². The normalized spacial score (nSPS) is 13.7. The molecule has 0 bridgehead atoms. The van der Waals surface area contributed by atoms with Crippen LogP contribution in [0.4, 0.5) is 25.7 Å². The van der Waals surface area contributed by atoms with E-state index in [2.05, 4.69) is 20.7 Å². The summed E-state index contributed by atoms with van der Waals surface area (Å²) >= 11 is 1.40. The molecule has 10 heteroatoms. The first-order chi connectivity index (χ1) is 14.5. The lowest BCUT2D eigenvalue weighted by molar-refractivity contribution is 0.189. The van der Waals surface area contributed by atoms with Crippen molar-refractivity contribution in [3.63, 3.8) is 0 Å². The van der Waals surface area contributed by atoms with Gasteiger partial charge in [0.2, 0.25) is 0 Å². The number of thiazole rings is 1. The number of amides is 2. The Morgan fingerprint density at radius 2 is 2.27 bits per heavy atom. The first kappa shape index (κ1) is 20.3. The predicted octanol–water partition coefficient (Wildman–Crippen LogP) is 3.76. The lowest BCUT2D eigenvalue weighted by Gasteiger charge is -2.14. The van der Waals surface area contributed by atoms with Crippen molar-refractivity contribution in [2.45, 2.75) is 19.9 Å². The monoisotopic (exact) mass is 430 g/mol. The third-order valence-electron chi connectivity index (χ3n) is 4.82. The SMILES string of the molecule is COCCCn1cc(Nc2nc(-c3ccc(N4CCNC4=O)cc3F)cs2)c(C)n1. The van der Waals surface area contributed by atoms with Crippen LogP contribution in [0.25, 0.3) is 11.3 Å². The van der Waals surface area contributed by atoms with Gasteiger partial charge >= 0.3 is 6.03 Å². The zero-order valence-electron chi connectivity index (χ0n) is 16.8. The smallest absolute Gasteiger partial charge is 0.321 e. The summed E-state index contributed by atoms with van der Waals surface area (Å²) in [6.07, 6.45) is 2.81. The average molecular weight is 431 g/mol. The number of aromatic nitrogens is 3. The van der Waals surface area contributed by atoms with Crippen LogP contribution in [0.15, 0.2) is 29.8 Å². The molecular formula is C20H23FN6O2S. The minimum atomic E-state index is -0.411. The van der Waals surface area contributed by atoms with E-state index < -0.39 is 5.82 Å². The fraction of sp³-hybridized carbons (Fsp3) is 0.350. The highest BCUT2D eigenvalue weighted by molar-refractivity contribution is 7.14. The fourth-order valence-corrected chi connectivity index (χ4v) is 4.02. The molecule has 0 radical (unpaired) electrons. The molecule has 2 aromatic heterocycles. The van der Waals surface area contributed by atoms with E-state index in [9.17, 15) is 9.18 Å².